The third-order valence-electron chi connectivity index (χ3n) is 2.16. The Labute approximate surface area is 111 Å². The van der Waals surface area contributed by atoms with Gasteiger partial charge in [-0.1, -0.05) is 12.1 Å². The number of hydrogen-bond donors (Lipinski definition) is 1. The van der Waals surface area contributed by atoms with Crippen LogP contribution in [0.5, 0.6) is 0 Å². The first-order chi connectivity index (χ1) is 9.15. The van der Waals surface area contributed by atoms with Crippen molar-refractivity contribution in [3.63, 3.8) is 0 Å². The Hall–Kier alpha value is -2.61. The molecule has 0 radical (unpaired) electrons. The van der Waals surface area contributed by atoms with Crippen molar-refractivity contribution < 1.29 is 14.3 Å². The van der Waals surface area contributed by atoms with E-state index in [-0.39, 0.29) is 13.2 Å². The van der Waals surface area contributed by atoms with Crippen LogP contribution < -0.4 is 5.32 Å². The minimum atomic E-state index is -0.476. The molecule has 1 aromatic rings. The number of rotatable bonds is 5. The molecular weight excluding hydrogens is 244 g/mol. The summed E-state index contributed by atoms with van der Waals surface area (Å²) >= 11 is 0. The average molecular weight is 258 g/mol. The summed E-state index contributed by atoms with van der Waals surface area (Å²) in [5.74, 6) is -0.869. The van der Waals surface area contributed by atoms with Crippen molar-refractivity contribution in [3.8, 4) is 6.07 Å². The topological polar surface area (TPSA) is 79.2 Å². The number of carbonyl (C=O) groups is 2. The molecule has 1 N–H and O–H groups in total. The van der Waals surface area contributed by atoms with Crippen LogP contribution in [0.4, 0.5) is 0 Å². The molecule has 1 rings (SSSR count). The van der Waals surface area contributed by atoms with Crippen molar-refractivity contribution in [1.29, 1.82) is 5.26 Å². The highest BCUT2D eigenvalue weighted by Crippen LogP contribution is 2.05. The number of nitrogens with zero attached hydrogens (tertiary/aromatic N) is 1. The lowest BCUT2D eigenvalue weighted by Gasteiger charge is -2.01. The lowest BCUT2D eigenvalue weighted by atomic mass is 10.1. The van der Waals surface area contributed by atoms with Gasteiger partial charge in [-0.3, -0.25) is 9.59 Å². The van der Waals surface area contributed by atoms with E-state index in [1.165, 1.54) is 6.08 Å². The Morgan fingerprint density at radius 3 is 2.95 bits per heavy atom. The van der Waals surface area contributed by atoms with E-state index in [1.54, 1.807) is 37.3 Å². The van der Waals surface area contributed by atoms with Crippen molar-refractivity contribution >= 4 is 18.0 Å². The highest BCUT2D eigenvalue weighted by atomic mass is 16.5. The summed E-state index contributed by atoms with van der Waals surface area (Å²) in [5.41, 5.74) is 1.26. The van der Waals surface area contributed by atoms with E-state index in [0.717, 1.165) is 5.56 Å². The van der Waals surface area contributed by atoms with E-state index in [9.17, 15) is 9.59 Å². The first kappa shape index (κ1) is 14.5. The van der Waals surface area contributed by atoms with Crippen LogP contribution in [0.3, 0.4) is 0 Å². The largest absolute Gasteiger partial charge is 0.465 e. The fourth-order valence-electron chi connectivity index (χ4n) is 1.31. The minimum Gasteiger partial charge on any atom is -0.465 e. The number of amides is 1. The molecule has 0 saturated heterocycles. The molecule has 1 amide bonds. The molecule has 0 atom stereocenters. The lowest BCUT2D eigenvalue weighted by Crippen LogP contribution is -2.29. The van der Waals surface area contributed by atoms with Crippen molar-refractivity contribution in [2.75, 3.05) is 13.2 Å². The summed E-state index contributed by atoms with van der Waals surface area (Å²) in [4.78, 5) is 22.4. The zero-order valence-electron chi connectivity index (χ0n) is 10.6. The Morgan fingerprint density at radius 2 is 2.26 bits per heavy atom. The summed E-state index contributed by atoms with van der Waals surface area (Å²) in [7, 11) is 0. The van der Waals surface area contributed by atoms with Crippen LogP contribution in [0, 0.1) is 11.3 Å². The predicted octanol–water partition coefficient (Wildman–Crippen LogP) is 1.25. The number of nitriles is 1. The maximum atomic E-state index is 11.4. The van der Waals surface area contributed by atoms with Crippen LogP contribution in [-0.2, 0) is 14.3 Å². The number of nitrogens with one attached hydrogen (secondary N) is 1. The molecule has 5 nitrogen and oxygen atoms in total. The number of hydrogen-bond acceptors (Lipinski definition) is 4. The van der Waals surface area contributed by atoms with Crippen LogP contribution in [0.25, 0.3) is 6.08 Å². The van der Waals surface area contributed by atoms with Crippen molar-refractivity contribution in [2.45, 2.75) is 6.92 Å². The van der Waals surface area contributed by atoms with Gasteiger partial charge < -0.3 is 10.1 Å². The maximum absolute atomic E-state index is 11.4. The average Bonchev–Trinajstić information content (AvgIpc) is 2.43. The van der Waals surface area contributed by atoms with E-state index in [4.69, 9.17) is 5.26 Å². The second-order valence-corrected chi connectivity index (χ2v) is 3.59. The van der Waals surface area contributed by atoms with Gasteiger partial charge in [0.1, 0.15) is 6.54 Å². The van der Waals surface area contributed by atoms with E-state index in [1.807, 2.05) is 6.07 Å². The van der Waals surface area contributed by atoms with E-state index in [0.29, 0.717) is 5.56 Å². The van der Waals surface area contributed by atoms with Gasteiger partial charge in [0.2, 0.25) is 5.91 Å². The second kappa shape index (κ2) is 7.67. The molecule has 0 saturated carbocycles. The molecule has 0 bridgehead atoms. The Balaban J connectivity index is 2.49. The number of benzene rings is 1. The van der Waals surface area contributed by atoms with E-state index in [2.05, 4.69) is 10.1 Å². The maximum Gasteiger partial charge on any atom is 0.325 e. The van der Waals surface area contributed by atoms with Gasteiger partial charge in [0.25, 0.3) is 0 Å². The Bertz CT molecular complexity index is 530. The van der Waals surface area contributed by atoms with Crippen LogP contribution in [0.2, 0.25) is 0 Å². The highest BCUT2D eigenvalue weighted by molar-refractivity contribution is 5.93. The zero-order valence-corrected chi connectivity index (χ0v) is 10.6. The van der Waals surface area contributed by atoms with Crippen LogP contribution in [0.15, 0.2) is 30.3 Å². The monoisotopic (exact) mass is 258 g/mol. The summed E-state index contributed by atoms with van der Waals surface area (Å²) in [5, 5.41) is 11.1. The molecule has 0 fully saturated rings. The van der Waals surface area contributed by atoms with Gasteiger partial charge >= 0.3 is 5.97 Å². The van der Waals surface area contributed by atoms with Gasteiger partial charge in [-0.05, 0) is 30.7 Å². The standard InChI is InChI=1S/C14H14N2O3/c1-2-19-14(18)10-16-13(17)7-6-11-4-3-5-12(8-11)9-15/h3-8H,2,10H2,1H3,(H,16,17)/b7-6+. The third-order valence-corrected chi connectivity index (χ3v) is 2.16. The van der Waals surface area contributed by atoms with Gasteiger partial charge in [0, 0.05) is 6.08 Å². The van der Waals surface area contributed by atoms with Crippen molar-refractivity contribution in [3.05, 3.63) is 41.5 Å². The SMILES string of the molecule is CCOC(=O)CNC(=O)/C=C/c1cccc(C#N)c1. The fourth-order valence-corrected chi connectivity index (χ4v) is 1.31. The van der Waals surface area contributed by atoms with E-state index < -0.39 is 11.9 Å². The summed E-state index contributed by atoms with van der Waals surface area (Å²) in [6, 6.07) is 8.86. The molecule has 0 aliphatic carbocycles. The Kier molecular flexibility index (Phi) is 5.83. The third kappa shape index (κ3) is 5.50. The quantitative estimate of drug-likeness (QED) is 0.636. The lowest BCUT2D eigenvalue weighted by molar-refractivity contribution is -0.143. The van der Waals surface area contributed by atoms with Crippen LogP contribution >= 0.6 is 0 Å². The van der Waals surface area contributed by atoms with Gasteiger partial charge in [-0.2, -0.15) is 5.26 Å². The molecular formula is C14H14N2O3. The van der Waals surface area contributed by atoms with Crippen LogP contribution in [-0.4, -0.2) is 25.0 Å². The molecule has 98 valence electrons. The number of ether oxygens (including phenoxy) is 1. The first-order valence-corrected chi connectivity index (χ1v) is 5.77. The first-order valence-electron chi connectivity index (χ1n) is 5.77. The minimum absolute atomic E-state index is 0.157. The fraction of sp³-hybridized carbons (Fsp3) is 0.214. The summed E-state index contributed by atoms with van der Waals surface area (Å²) in [6.07, 6.45) is 2.87. The summed E-state index contributed by atoms with van der Waals surface area (Å²) < 4.78 is 4.67. The molecule has 0 aliphatic heterocycles. The van der Waals surface area contributed by atoms with Crippen LogP contribution in [0.1, 0.15) is 18.1 Å². The molecule has 1 aromatic carbocycles. The van der Waals surface area contributed by atoms with Crippen molar-refractivity contribution in [2.24, 2.45) is 0 Å². The van der Waals surface area contributed by atoms with Gasteiger partial charge in [0.05, 0.1) is 18.2 Å². The highest BCUT2D eigenvalue weighted by Gasteiger charge is 2.02. The molecule has 0 heterocycles. The Morgan fingerprint density at radius 1 is 1.47 bits per heavy atom. The molecule has 0 aromatic heterocycles. The van der Waals surface area contributed by atoms with Crippen molar-refractivity contribution in [1.82, 2.24) is 5.32 Å². The smallest absolute Gasteiger partial charge is 0.325 e. The predicted molar refractivity (Wildman–Crippen MR) is 69.8 cm³/mol. The van der Waals surface area contributed by atoms with Gasteiger partial charge in [0.15, 0.2) is 0 Å². The van der Waals surface area contributed by atoms with E-state index >= 15 is 0 Å². The molecule has 5 heteroatoms. The van der Waals surface area contributed by atoms with Gasteiger partial charge in [-0.25, -0.2) is 0 Å². The summed E-state index contributed by atoms with van der Waals surface area (Å²) in [6.45, 7) is 1.82. The number of carbonyl (C=O) groups excluding carboxylic acids is 2. The zero-order chi connectivity index (χ0) is 14.1. The normalized spacial score (nSPS) is 9.89. The molecule has 0 spiro atoms. The second-order valence-electron chi connectivity index (χ2n) is 3.59. The van der Waals surface area contributed by atoms with Gasteiger partial charge in [-0.15, -0.1) is 0 Å². The molecule has 0 unspecified atom stereocenters. The number of esters is 1. The molecule has 0 aliphatic rings. The molecule has 19 heavy (non-hydrogen) atoms.